The van der Waals surface area contributed by atoms with Gasteiger partial charge in [-0.1, -0.05) is 13.8 Å². The third kappa shape index (κ3) is 11.7. The number of methoxy groups -OCH3 is 2. The molecular weight excluding hydrogens is 840 g/mol. The van der Waals surface area contributed by atoms with Crippen molar-refractivity contribution in [1.29, 1.82) is 0 Å². The lowest BCUT2D eigenvalue weighted by Crippen LogP contribution is -2.57. The summed E-state index contributed by atoms with van der Waals surface area (Å²) in [5, 5.41) is 0. The van der Waals surface area contributed by atoms with Gasteiger partial charge >= 0.3 is 36.4 Å². The highest BCUT2D eigenvalue weighted by Gasteiger charge is 2.43. The van der Waals surface area contributed by atoms with Crippen molar-refractivity contribution in [3.05, 3.63) is 47.3 Å². The Morgan fingerprint density at radius 2 is 1.17 bits per heavy atom. The van der Waals surface area contributed by atoms with Crippen LogP contribution in [0.2, 0.25) is 0 Å². The molecule has 4 atom stereocenters. The molecule has 2 aliphatic heterocycles. The lowest BCUT2D eigenvalue weighted by atomic mass is 9.82. The van der Waals surface area contributed by atoms with Crippen LogP contribution in [0.3, 0.4) is 0 Å². The fraction of sp³-hybridized carbons (Fsp3) is 0.682. The molecule has 2 saturated heterocycles. The molecule has 2 aliphatic carbocycles. The summed E-state index contributed by atoms with van der Waals surface area (Å²) >= 11 is 0. The third-order valence-corrected chi connectivity index (χ3v) is 13.2. The van der Waals surface area contributed by atoms with Crippen molar-refractivity contribution in [1.82, 2.24) is 14.9 Å². The van der Waals surface area contributed by atoms with E-state index < -0.39 is 59.9 Å². The van der Waals surface area contributed by atoms with E-state index in [1.54, 1.807) is 9.80 Å². The molecule has 4 fully saturated rings. The first kappa shape index (κ1) is 47.6. The smallest absolute Gasteiger partial charge is 0.416 e. The average Bonchev–Trinajstić information content (AvgIpc) is 3.75. The van der Waals surface area contributed by atoms with Gasteiger partial charge in [-0.05, 0) is 101 Å². The second-order valence-electron chi connectivity index (χ2n) is 17.2. The van der Waals surface area contributed by atoms with Crippen LogP contribution in [0.5, 0.6) is 0 Å². The number of amides is 1. The standard InChI is InChI=1S/C44H57F6N5O8/c1-5-32-20-34(21-33(6-2)55(32)42(59)63-36-13-11-28(12-14-36)39(57)61-4)54(24-26-17-30(43(45,46)47)19-31(18-26)44(48,49)50)41-51-22-35(23-52-41)53-16-15-37(25-53)62-40(58)29-9-7-27(8-10-29)38(56)60-3/h17-19,22-23,27-29,32-34,36-37H,5-16,20-21,24-25H2,1-4H3/t27-,28-,29-,32-,33+,34+,36-,37-/m0/s1. The van der Waals surface area contributed by atoms with E-state index in [0.29, 0.717) is 114 Å². The maximum Gasteiger partial charge on any atom is 0.416 e. The number of halogens is 6. The minimum absolute atomic E-state index is 0.0857. The number of hydrogen-bond acceptors (Lipinski definition) is 12. The van der Waals surface area contributed by atoms with E-state index in [2.05, 4.69) is 9.97 Å². The van der Waals surface area contributed by atoms with Crippen molar-refractivity contribution in [3.63, 3.8) is 0 Å². The Morgan fingerprint density at radius 3 is 1.65 bits per heavy atom. The van der Waals surface area contributed by atoms with Gasteiger partial charge < -0.3 is 33.6 Å². The van der Waals surface area contributed by atoms with Gasteiger partial charge in [0.15, 0.2) is 0 Å². The number of nitrogens with zero attached hydrogens (tertiary/aromatic N) is 5. The van der Waals surface area contributed by atoms with E-state index in [1.165, 1.54) is 26.6 Å². The molecule has 2 saturated carbocycles. The van der Waals surface area contributed by atoms with Crippen molar-refractivity contribution in [2.24, 2.45) is 17.8 Å². The highest BCUT2D eigenvalue weighted by molar-refractivity contribution is 5.75. The lowest BCUT2D eigenvalue weighted by Gasteiger charge is -2.47. The first-order valence-electron chi connectivity index (χ1n) is 21.9. The summed E-state index contributed by atoms with van der Waals surface area (Å²) in [7, 11) is 2.68. The second-order valence-corrected chi connectivity index (χ2v) is 17.2. The number of ether oxygens (including phenoxy) is 4. The number of carbonyl (C=O) groups excluding carboxylic acids is 4. The SMILES string of the molecule is CC[C@@H]1C[C@H](N(Cc2cc(C(F)(F)F)cc(C(F)(F)F)c2)c2ncc(N3CC[C@H](OC(=O)[C@H]4CC[C@H](C(=O)OC)CC4)C3)cn2)C[C@H](CC)N1C(=O)O[C@H]1CC[C@H](C(=O)OC)CC1. The number of anilines is 2. The van der Waals surface area contributed by atoms with Crippen LogP contribution in [0, 0.1) is 17.8 Å². The first-order valence-corrected chi connectivity index (χ1v) is 21.9. The first-order chi connectivity index (χ1) is 29.9. The van der Waals surface area contributed by atoms with Crippen molar-refractivity contribution in [2.45, 2.75) is 147 Å². The van der Waals surface area contributed by atoms with Crippen molar-refractivity contribution < 1.29 is 64.5 Å². The van der Waals surface area contributed by atoms with Crippen LogP contribution in [0.4, 0.5) is 42.8 Å². The van der Waals surface area contributed by atoms with Crippen LogP contribution in [-0.4, -0.2) is 96.5 Å². The van der Waals surface area contributed by atoms with Crippen LogP contribution in [0.1, 0.15) is 114 Å². The summed E-state index contributed by atoms with van der Waals surface area (Å²) in [5.74, 6) is -1.59. The van der Waals surface area contributed by atoms with Gasteiger partial charge in [-0.2, -0.15) is 26.3 Å². The molecule has 0 N–H and O–H groups in total. The summed E-state index contributed by atoms with van der Waals surface area (Å²) in [4.78, 5) is 65.4. The molecule has 19 heteroatoms. The Kier molecular flexibility index (Phi) is 15.4. The van der Waals surface area contributed by atoms with E-state index >= 15 is 0 Å². The number of piperidine rings is 1. The zero-order chi connectivity index (χ0) is 45.6. The summed E-state index contributed by atoms with van der Waals surface area (Å²) in [5.41, 5.74) is -2.51. The summed E-state index contributed by atoms with van der Waals surface area (Å²) in [6, 6.07) is 0.225. The van der Waals surface area contributed by atoms with Gasteiger partial charge in [0, 0.05) is 37.6 Å². The molecule has 4 aliphatic rings. The highest BCUT2D eigenvalue weighted by atomic mass is 19.4. The molecule has 0 radical (unpaired) electrons. The van der Waals surface area contributed by atoms with E-state index in [4.69, 9.17) is 18.9 Å². The van der Waals surface area contributed by atoms with Gasteiger partial charge in [0.25, 0.3) is 0 Å². The molecule has 0 bridgehead atoms. The molecule has 1 aromatic carbocycles. The highest BCUT2D eigenvalue weighted by Crippen LogP contribution is 2.39. The third-order valence-electron chi connectivity index (χ3n) is 13.2. The average molecular weight is 898 g/mol. The van der Waals surface area contributed by atoms with Crippen LogP contribution in [-0.2, 0) is 52.2 Å². The Hall–Kier alpha value is -4.84. The quantitative estimate of drug-likeness (QED) is 0.115. The number of alkyl halides is 6. The largest absolute Gasteiger partial charge is 0.469 e. The molecule has 2 aromatic rings. The Bertz CT molecular complexity index is 1860. The molecule has 348 valence electrons. The zero-order valence-corrected chi connectivity index (χ0v) is 36.1. The molecule has 63 heavy (non-hydrogen) atoms. The van der Waals surface area contributed by atoms with E-state index in [1.807, 2.05) is 18.7 Å². The minimum Gasteiger partial charge on any atom is -0.469 e. The molecule has 1 amide bonds. The lowest BCUT2D eigenvalue weighted by molar-refractivity contribution is -0.157. The molecule has 13 nitrogen and oxygen atoms in total. The van der Waals surface area contributed by atoms with Crippen LogP contribution in [0.25, 0.3) is 0 Å². The maximum atomic E-state index is 14.0. The fourth-order valence-electron chi connectivity index (χ4n) is 9.66. The van der Waals surface area contributed by atoms with Crippen LogP contribution in [0.15, 0.2) is 30.6 Å². The Labute approximate surface area is 363 Å². The van der Waals surface area contributed by atoms with Crippen LogP contribution < -0.4 is 9.80 Å². The summed E-state index contributed by atoms with van der Waals surface area (Å²) in [6.07, 6.45) is -2.00. The van der Waals surface area contributed by atoms with Gasteiger partial charge in [-0.15, -0.1) is 0 Å². The number of aromatic nitrogens is 2. The number of esters is 3. The van der Waals surface area contributed by atoms with Crippen LogP contribution >= 0.6 is 0 Å². The molecule has 0 spiro atoms. The predicted molar refractivity (Wildman–Crippen MR) is 216 cm³/mol. The normalized spacial score (nSPS) is 26.8. The number of likely N-dealkylation sites (tertiary alicyclic amines) is 1. The zero-order valence-electron chi connectivity index (χ0n) is 36.1. The van der Waals surface area contributed by atoms with Gasteiger partial charge in [0.1, 0.15) is 12.2 Å². The molecule has 1 aromatic heterocycles. The number of carbonyl (C=O) groups is 4. The van der Waals surface area contributed by atoms with E-state index in [-0.39, 0.29) is 59.8 Å². The van der Waals surface area contributed by atoms with Gasteiger partial charge in [-0.3, -0.25) is 14.4 Å². The van der Waals surface area contributed by atoms with Crippen molar-refractivity contribution in [3.8, 4) is 0 Å². The van der Waals surface area contributed by atoms with Crippen molar-refractivity contribution >= 4 is 35.6 Å². The number of benzene rings is 1. The van der Waals surface area contributed by atoms with Crippen molar-refractivity contribution in [2.75, 3.05) is 37.1 Å². The Morgan fingerprint density at radius 1 is 0.683 bits per heavy atom. The molecular formula is C44H57F6N5O8. The molecule has 6 rings (SSSR count). The topological polar surface area (TPSA) is 141 Å². The van der Waals surface area contributed by atoms with E-state index in [9.17, 15) is 45.5 Å². The van der Waals surface area contributed by atoms with Gasteiger partial charge in [-0.25, -0.2) is 14.8 Å². The minimum atomic E-state index is -5.05. The summed E-state index contributed by atoms with van der Waals surface area (Å²) in [6.45, 7) is 4.28. The van der Waals surface area contributed by atoms with E-state index in [0.717, 1.165) is 0 Å². The maximum absolute atomic E-state index is 14.0. The van der Waals surface area contributed by atoms with Gasteiger partial charge in [0.05, 0.1) is 67.7 Å². The number of hydrogen-bond donors (Lipinski definition) is 0. The Balaban J connectivity index is 1.20. The van der Waals surface area contributed by atoms with Gasteiger partial charge in [0.2, 0.25) is 5.95 Å². The number of rotatable bonds is 12. The second kappa shape index (κ2) is 20.3. The predicted octanol–water partition coefficient (Wildman–Crippen LogP) is 8.51. The molecule has 3 heterocycles. The molecule has 0 unspecified atom stereocenters. The summed E-state index contributed by atoms with van der Waals surface area (Å²) < 4.78 is 106. The fourth-order valence-corrected chi connectivity index (χ4v) is 9.66. The monoisotopic (exact) mass is 897 g/mol.